The van der Waals surface area contributed by atoms with Crippen molar-refractivity contribution >= 4 is 68.2 Å². The topological polar surface area (TPSA) is 188 Å². The first-order chi connectivity index (χ1) is 27.9. The fourth-order valence-electron chi connectivity index (χ4n) is 7.37. The summed E-state index contributed by atoms with van der Waals surface area (Å²) in [4.78, 5) is 71.1. The van der Waals surface area contributed by atoms with Crippen LogP contribution in [0.2, 0.25) is 0 Å². The maximum atomic E-state index is 12.9. The number of aromatic nitrogens is 4. The van der Waals surface area contributed by atoms with Crippen LogP contribution >= 0.6 is 0 Å². The molecule has 0 spiro atoms. The zero-order valence-electron chi connectivity index (χ0n) is 35.2. The van der Waals surface area contributed by atoms with Gasteiger partial charge in [0.2, 0.25) is 5.91 Å². The van der Waals surface area contributed by atoms with E-state index in [-0.39, 0.29) is 69.9 Å². The standard InChI is InChI=1S/C45H57N6O7.Pd/c1-8-56-43(53)17-13-31-27(5)35-22-38-30(12-16-42(52)47-21-11-20-46)26(4)34(48-38)23-39-32(14-18-44(54)57-9-2)28(6)36(50-39)25-41-33(15-19-45(55)58-10-3)29(7)37(51-41)24-40(31)49-35;/h22-25H,8-21,46H2,1-7H3,(H2-,47,48,49,50,51,52);/q-1;+2/p-1. The molecule has 0 fully saturated rings. The largest absolute Gasteiger partial charge is 2.00 e. The van der Waals surface area contributed by atoms with E-state index in [0.29, 0.717) is 110 Å². The summed E-state index contributed by atoms with van der Waals surface area (Å²) in [6.07, 6.45) is 3.14. The molecule has 2 aliphatic heterocycles. The molecule has 3 aromatic heterocycles. The number of hydrogen-bond donors (Lipinski definition) is 2. The van der Waals surface area contributed by atoms with E-state index in [1.54, 1.807) is 20.8 Å². The Morgan fingerprint density at radius 2 is 0.983 bits per heavy atom. The SMILES string of the molecule is CCOC(=O)CCC1=C(C)c2cc3[n-]c(cc4nc(cc5[n-]c(cc1n2)c(C)c5CCC(=O)OCC)C(C)=C4CCC(=O)NCCCN)c(C)c3CCC(=O)OCC.[Pd+2]. The predicted molar refractivity (Wildman–Crippen MR) is 225 cm³/mol. The molecule has 3 N–H and O–H groups in total. The summed E-state index contributed by atoms with van der Waals surface area (Å²) in [5, 5.41) is 2.95. The molecule has 14 heteroatoms. The second-order valence-electron chi connectivity index (χ2n) is 14.4. The van der Waals surface area contributed by atoms with Crippen molar-refractivity contribution in [3.8, 4) is 0 Å². The first kappa shape index (κ1) is 46.8. The van der Waals surface area contributed by atoms with Gasteiger partial charge in [0.25, 0.3) is 0 Å². The molecular weight excluding hydrogens is 843 g/mol. The number of hydrogen-bond acceptors (Lipinski definition) is 10. The molecule has 3 aromatic rings. The molecule has 8 bridgehead atoms. The number of amides is 1. The molecule has 2 aliphatic rings. The van der Waals surface area contributed by atoms with Crippen LogP contribution in [0.15, 0.2) is 24.3 Å². The Labute approximate surface area is 360 Å². The molecule has 5 heterocycles. The third-order valence-electron chi connectivity index (χ3n) is 10.6. The van der Waals surface area contributed by atoms with E-state index in [9.17, 15) is 19.2 Å². The quantitative estimate of drug-likeness (QED) is 0.0602. The molecule has 0 radical (unpaired) electrons. The molecule has 318 valence electrons. The molecular formula is C45H56N6O7Pd. The minimum atomic E-state index is -0.295. The monoisotopic (exact) mass is 898 g/mol. The van der Waals surface area contributed by atoms with Crippen molar-refractivity contribution in [1.82, 2.24) is 25.3 Å². The molecule has 0 aromatic carbocycles. The fraction of sp³-hybridized carbons (Fsp3) is 0.467. The summed E-state index contributed by atoms with van der Waals surface area (Å²) in [5.74, 6) is -0.954. The molecule has 0 aliphatic carbocycles. The van der Waals surface area contributed by atoms with Gasteiger partial charge in [0.1, 0.15) is 0 Å². The number of carbonyl (C=O) groups is 4. The normalized spacial score (nSPS) is 12.3. The third kappa shape index (κ3) is 11.7. The van der Waals surface area contributed by atoms with E-state index in [4.69, 9.17) is 39.9 Å². The van der Waals surface area contributed by atoms with Gasteiger partial charge in [-0.2, -0.15) is 0 Å². The average molecular weight is 899 g/mol. The van der Waals surface area contributed by atoms with Crippen molar-refractivity contribution in [1.29, 1.82) is 0 Å². The molecule has 13 nitrogen and oxygen atoms in total. The van der Waals surface area contributed by atoms with Crippen LogP contribution in [-0.2, 0) is 66.7 Å². The maximum absolute atomic E-state index is 12.9. The molecule has 59 heavy (non-hydrogen) atoms. The number of carbonyl (C=O) groups excluding carboxylic acids is 4. The van der Waals surface area contributed by atoms with Crippen molar-refractivity contribution in [2.45, 2.75) is 106 Å². The van der Waals surface area contributed by atoms with Gasteiger partial charge in [0, 0.05) is 32.2 Å². The van der Waals surface area contributed by atoms with Crippen LogP contribution in [0, 0.1) is 13.8 Å². The van der Waals surface area contributed by atoms with Gasteiger partial charge in [-0.1, -0.05) is 46.5 Å². The van der Waals surface area contributed by atoms with Gasteiger partial charge >= 0.3 is 38.3 Å². The Kier molecular flexibility index (Phi) is 17.4. The Balaban J connectivity index is 0.00000769. The Morgan fingerprint density at radius 1 is 0.593 bits per heavy atom. The van der Waals surface area contributed by atoms with Gasteiger partial charge < -0.3 is 35.2 Å². The number of ether oxygens (including phenoxy) is 3. The van der Waals surface area contributed by atoms with E-state index in [1.807, 2.05) is 52.0 Å². The van der Waals surface area contributed by atoms with E-state index in [2.05, 4.69) is 5.32 Å². The summed E-state index contributed by atoms with van der Waals surface area (Å²) < 4.78 is 15.8. The Bertz CT molecular complexity index is 2290. The Hall–Kier alpha value is -4.90. The van der Waals surface area contributed by atoms with Crippen LogP contribution in [0.5, 0.6) is 0 Å². The van der Waals surface area contributed by atoms with E-state index in [0.717, 1.165) is 44.5 Å². The number of esters is 3. The van der Waals surface area contributed by atoms with Crippen molar-refractivity contribution in [3.63, 3.8) is 0 Å². The number of allylic oxidation sites excluding steroid dienone is 4. The minimum Gasteiger partial charge on any atom is -0.657 e. The summed E-state index contributed by atoms with van der Waals surface area (Å²) >= 11 is 0. The maximum Gasteiger partial charge on any atom is 2.00 e. The smallest absolute Gasteiger partial charge is 0.657 e. The molecule has 0 atom stereocenters. The number of fused-ring (bicyclic) bond motifs is 8. The van der Waals surface area contributed by atoms with Gasteiger partial charge in [-0.3, -0.25) is 19.2 Å². The van der Waals surface area contributed by atoms with Crippen molar-refractivity contribution in [2.24, 2.45) is 5.73 Å². The molecule has 0 unspecified atom stereocenters. The molecule has 5 rings (SSSR count). The zero-order chi connectivity index (χ0) is 41.9. The van der Waals surface area contributed by atoms with Crippen molar-refractivity contribution in [3.05, 3.63) is 69.3 Å². The molecule has 0 saturated carbocycles. The van der Waals surface area contributed by atoms with E-state index < -0.39 is 0 Å². The van der Waals surface area contributed by atoms with E-state index >= 15 is 0 Å². The van der Waals surface area contributed by atoms with Gasteiger partial charge in [0.15, 0.2) is 0 Å². The van der Waals surface area contributed by atoms with Gasteiger partial charge in [-0.25, -0.2) is 9.97 Å². The van der Waals surface area contributed by atoms with Crippen LogP contribution in [0.1, 0.15) is 125 Å². The molecule has 1 amide bonds. The van der Waals surface area contributed by atoms with E-state index in [1.165, 1.54) is 0 Å². The number of nitrogens with zero attached hydrogens (tertiary/aromatic N) is 4. The first-order valence-corrected chi connectivity index (χ1v) is 20.4. The second-order valence-corrected chi connectivity index (χ2v) is 14.4. The minimum absolute atomic E-state index is 0. The number of rotatable bonds is 18. The number of nitrogens with two attached hydrogens (primary N) is 1. The fourth-order valence-corrected chi connectivity index (χ4v) is 7.37. The van der Waals surface area contributed by atoms with Crippen molar-refractivity contribution in [2.75, 3.05) is 32.9 Å². The number of nitrogens with one attached hydrogen (secondary N) is 1. The second kappa shape index (κ2) is 21.9. The third-order valence-corrected chi connectivity index (χ3v) is 10.6. The van der Waals surface area contributed by atoms with Crippen LogP contribution in [0.4, 0.5) is 0 Å². The van der Waals surface area contributed by atoms with Gasteiger partial charge in [-0.05, 0) is 109 Å². The van der Waals surface area contributed by atoms with Crippen LogP contribution in [0.3, 0.4) is 0 Å². The molecule has 0 saturated heterocycles. The first-order valence-electron chi connectivity index (χ1n) is 20.4. The summed E-state index contributed by atoms with van der Waals surface area (Å²) in [5.41, 5.74) is 18.3. The van der Waals surface area contributed by atoms with Crippen LogP contribution in [-0.4, -0.2) is 66.7 Å². The summed E-state index contributed by atoms with van der Waals surface area (Å²) in [6, 6.07) is 7.77. The summed E-state index contributed by atoms with van der Waals surface area (Å²) in [7, 11) is 0. The zero-order valence-corrected chi connectivity index (χ0v) is 36.8. The summed E-state index contributed by atoms with van der Waals surface area (Å²) in [6.45, 7) is 15.2. The Morgan fingerprint density at radius 3 is 1.39 bits per heavy atom. The predicted octanol–water partition coefficient (Wildman–Crippen LogP) is 6.63. The van der Waals surface area contributed by atoms with Crippen LogP contribution < -0.4 is 21.0 Å². The number of aryl methyl sites for hydroxylation is 4. The van der Waals surface area contributed by atoms with Crippen molar-refractivity contribution < 1.29 is 53.8 Å². The average Bonchev–Trinajstić information content (AvgIpc) is 3.84. The van der Waals surface area contributed by atoms with Gasteiger partial charge in [0.05, 0.1) is 42.6 Å². The van der Waals surface area contributed by atoms with Crippen LogP contribution in [0.25, 0.3) is 44.4 Å². The van der Waals surface area contributed by atoms with Gasteiger partial charge in [-0.15, -0.1) is 22.1 Å².